The van der Waals surface area contributed by atoms with Gasteiger partial charge in [0.05, 0.1) is 0 Å². The highest BCUT2D eigenvalue weighted by Gasteiger charge is 2.32. The lowest BCUT2D eigenvalue weighted by Gasteiger charge is -2.35. The van der Waals surface area contributed by atoms with E-state index in [1.54, 1.807) is 6.07 Å². The van der Waals surface area contributed by atoms with Crippen molar-refractivity contribution in [2.75, 3.05) is 26.2 Å². The molecule has 1 aromatic heterocycles. The van der Waals surface area contributed by atoms with Crippen molar-refractivity contribution in [3.05, 3.63) is 34.2 Å². The molecule has 0 spiro atoms. The van der Waals surface area contributed by atoms with Gasteiger partial charge >= 0.3 is 0 Å². The number of H-pyrrole nitrogens is 1. The SMILES string of the molecule is CCNC(=O)C1CNCCN1C(=O)c1cccc(=O)[nH]1. The van der Waals surface area contributed by atoms with Crippen molar-refractivity contribution in [3.8, 4) is 0 Å². The molecular weight excluding hydrogens is 260 g/mol. The summed E-state index contributed by atoms with van der Waals surface area (Å²) in [4.78, 5) is 39.7. The van der Waals surface area contributed by atoms with Gasteiger partial charge in [0.2, 0.25) is 11.5 Å². The number of rotatable bonds is 3. The summed E-state index contributed by atoms with van der Waals surface area (Å²) in [6.45, 7) is 3.80. The van der Waals surface area contributed by atoms with Crippen LogP contribution in [0.5, 0.6) is 0 Å². The minimum absolute atomic E-state index is 0.189. The number of hydrogen-bond acceptors (Lipinski definition) is 4. The summed E-state index contributed by atoms with van der Waals surface area (Å²) in [5.41, 5.74) is -0.130. The number of pyridine rings is 1. The van der Waals surface area contributed by atoms with E-state index in [9.17, 15) is 14.4 Å². The summed E-state index contributed by atoms with van der Waals surface area (Å²) in [6, 6.07) is 3.85. The van der Waals surface area contributed by atoms with E-state index in [2.05, 4.69) is 15.6 Å². The number of nitrogens with zero attached hydrogens (tertiary/aromatic N) is 1. The van der Waals surface area contributed by atoms with Gasteiger partial charge in [0.25, 0.3) is 5.91 Å². The fourth-order valence-corrected chi connectivity index (χ4v) is 2.20. The highest BCUT2D eigenvalue weighted by molar-refractivity contribution is 5.96. The summed E-state index contributed by atoms with van der Waals surface area (Å²) >= 11 is 0. The summed E-state index contributed by atoms with van der Waals surface area (Å²) in [6.07, 6.45) is 0. The molecule has 1 aliphatic rings. The molecule has 0 radical (unpaired) electrons. The third kappa shape index (κ3) is 3.05. The standard InChI is InChI=1S/C13H18N4O3/c1-2-15-12(19)10-8-14-6-7-17(10)13(20)9-4-3-5-11(18)16-9/h3-5,10,14H,2,6-8H2,1H3,(H,15,19)(H,16,18). The molecule has 3 N–H and O–H groups in total. The highest BCUT2D eigenvalue weighted by Crippen LogP contribution is 2.08. The molecule has 1 aliphatic heterocycles. The smallest absolute Gasteiger partial charge is 0.271 e. The molecule has 20 heavy (non-hydrogen) atoms. The molecule has 0 saturated carbocycles. The Bertz CT molecular complexity index is 555. The minimum Gasteiger partial charge on any atom is -0.355 e. The third-order valence-corrected chi connectivity index (χ3v) is 3.16. The normalized spacial score (nSPS) is 18.6. The van der Waals surface area contributed by atoms with Crippen molar-refractivity contribution in [3.63, 3.8) is 0 Å². The zero-order chi connectivity index (χ0) is 14.5. The van der Waals surface area contributed by atoms with Gasteiger partial charge in [0.15, 0.2) is 0 Å². The fraction of sp³-hybridized carbons (Fsp3) is 0.462. The van der Waals surface area contributed by atoms with E-state index in [0.717, 1.165) is 0 Å². The van der Waals surface area contributed by atoms with Crippen LogP contribution < -0.4 is 16.2 Å². The number of likely N-dealkylation sites (N-methyl/N-ethyl adjacent to an activating group) is 1. The van der Waals surface area contributed by atoms with Crippen LogP contribution >= 0.6 is 0 Å². The van der Waals surface area contributed by atoms with Gasteiger partial charge in [-0.2, -0.15) is 0 Å². The molecule has 1 aromatic rings. The molecule has 1 fully saturated rings. The number of carbonyl (C=O) groups is 2. The predicted molar refractivity (Wildman–Crippen MR) is 73.4 cm³/mol. The van der Waals surface area contributed by atoms with E-state index in [0.29, 0.717) is 26.2 Å². The Labute approximate surface area is 116 Å². The number of aromatic nitrogens is 1. The van der Waals surface area contributed by atoms with Crippen molar-refractivity contribution in [1.29, 1.82) is 0 Å². The molecule has 0 bridgehead atoms. The number of amides is 2. The first-order chi connectivity index (χ1) is 9.63. The molecule has 7 heteroatoms. The van der Waals surface area contributed by atoms with Crippen LogP contribution in [0.2, 0.25) is 0 Å². The van der Waals surface area contributed by atoms with E-state index in [4.69, 9.17) is 0 Å². The fourth-order valence-electron chi connectivity index (χ4n) is 2.20. The Balaban J connectivity index is 2.21. The lowest BCUT2D eigenvalue weighted by molar-refractivity contribution is -0.126. The Morgan fingerprint density at radius 2 is 2.25 bits per heavy atom. The third-order valence-electron chi connectivity index (χ3n) is 3.16. The van der Waals surface area contributed by atoms with Gasteiger partial charge in [-0.1, -0.05) is 6.07 Å². The van der Waals surface area contributed by atoms with Gasteiger partial charge in [-0.15, -0.1) is 0 Å². The van der Waals surface area contributed by atoms with Crippen molar-refractivity contribution in [1.82, 2.24) is 20.5 Å². The first-order valence-corrected chi connectivity index (χ1v) is 6.62. The first kappa shape index (κ1) is 14.3. The summed E-state index contributed by atoms with van der Waals surface area (Å²) < 4.78 is 0. The number of piperazine rings is 1. The zero-order valence-electron chi connectivity index (χ0n) is 11.3. The van der Waals surface area contributed by atoms with Gasteiger partial charge < -0.3 is 20.5 Å². The average Bonchev–Trinajstić information content (AvgIpc) is 2.47. The van der Waals surface area contributed by atoms with E-state index < -0.39 is 6.04 Å². The van der Waals surface area contributed by atoms with Gasteiger partial charge in [-0.05, 0) is 13.0 Å². The highest BCUT2D eigenvalue weighted by atomic mass is 16.2. The van der Waals surface area contributed by atoms with Gasteiger partial charge in [-0.25, -0.2) is 0 Å². The van der Waals surface area contributed by atoms with Crippen LogP contribution in [0.4, 0.5) is 0 Å². The van der Waals surface area contributed by atoms with Gasteiger partial charge in [0.1, 0.15) is 11.7 Å². The van der Waals surface area contributed by atoms with Crippen LogP contribution in [0.3, 0.4) is 0 Å². The lowest BCUT2D eigenvalue weighted by atomic mass is 10.1. The molecule has 0 aliphatic carbocycles. The second kappa shape index (κ2) is 6.33. The molecular formula is C13H18N4O3. The van der Waals surface area contributed by atoms with Crippen LogP contribution in [-0.2, 0) is 4.79 Å². The van der Waals surface area contributed by atoms with E-state index >= 15 is 0 Å². The molecule has 2 rings (SSSR count). The minimum atomic E-state index is -0.556. The monoisotopic (exact) mass is 278 g/mol. The van der Waals surface area contributed by atoms with Crippen molar-refractivity contribution in [2.24, 2.45) is 0 Å². The predicted octanol–water partition coefficient (Wildman–Crippen LogP) is -1.07. The molecule has 2 amide bonds. The Hall–Kier alpha value is -2.15. The Morgan fingerprint density at radius 1 is 1.45 bits per heavy atom. The maximum absolute atomic E-state index is 12.4. The molecule has 7 nitrogen and oxygen atoms in total. The Morgan fingerprint density at radius 3 is 2.95 bits per heavy atom. The van der Waals surface area contributed by atoms with Gasteiger partial charge in [-0.3, -0.25) is 14.4 Å². The molecule has 108 valence electrons. The van der Waals surface area contributed by atoms with Crippen LogP contribution in [0.15, 0.2) is 23.0 Å². The quantitative estimate of drug-likeness (QED) is 0.656. The van der Waals surface area contributed by atoms with Crippen molar-refractivity contribution in [2.45, 2.75) is 13.0 Å². The zero-order valence-corrected chi connectivity index (χ0v) is 11.3. The molecule has 1 atom stereocenters. The summed E-state index contributed by atoms with van der Waals surface area (Å²) in [7, 11) is 0. The van der Waals surface area contributed by atoms with Crippen molar-refractivity contribution >= 4 is 11.8 Å². The number of carbonyl (C=O) groups excluding carboxylic acids is 2. The average molecular weight is 278 g/mol. The summed E-state index contributed by atoms with van der Waals surface area (Å²) in [5, 5.41) is 5.81. The largest absolute Gasteiger partial charge is 0.355 e. The van der Waals surface area contributed by atoms with Crippen LogP contribution in [0.1, 0.15) is 17.4 Å². The molecule has 1 unspecified atom stereocenters. The van der Waals surface area contributed by atoms with Gasteiger partial charge in [0, 0.05) is 32.2 Å². The molecule has 2 heterocycles. The van der Waals surface area contributed by atoms with E-state index in [1.807, 2.05) is 6.92 Å². The van der Waals surface area contributed by atoms with Crippen LogP contribution in [0, 0.1) is 0 Å². The Kier molecular flexibility index (Phi) is 4.52. The first-order valence-electron chi connectivity index (χ1n) is 6.62. The number of hydrogen-bond donors (Lipinski definition) is 3. The second-order valence-electron chi connectivity index (χ2n) is 4.54. The maximum Gasteiger partial charge on any atom is 0.271 e. The second-order valence-corrected chi connectivity index (χ2v) is 4.54. The van der Waals surface area contributed by atoms with Crippen LogP contribution in [0.25, 0.3) is 0 Å². The number of nitrogens with one attached hydrogen (secondary N) is 3. The van der Waals surface area contributed by atoms with Crippen LogP contribution in [-0.4, -0.2) is 53.9 Å². The molecule has 1 saturated heterocycles. The number of aromatic amines is 1. The lowest BCUT2D eigenvalue weighted by Crippen LogP contribution is -2.59. The van der Waals surface area contributed by atoms with E-state index in [-0.39, 0.29) is 23.1 Å². The topological polar surface area (TPSA) is 94.3 Å². The van der Waals surface area contributed by atoms with E-state index in [1.165, 1.54) is 17.0 Å². The molecule has 0 aromatic carbocycles. The summed E-state index contributed by atoms with van der Waals surface area (Å²) in [5.74, 6) is -0.521. The van der Waals surface area contributed by atoms with Crippen molar-refractivity contribution < 1.29 is 9.59 Å². The maximum atomic E-state index is 12.4.